The molecule has 2 fully saturated rings. The fourth-order valence-electron chi connectivity index (χ4n) is 5.34. The normalized spacial score (nSPS) is 20.2. The molecule has 2 aliphatic heterocycles. The quantitative estimate of drug-likeness (QED) is 0.434. The van der Waals surface area contributed by atoms with Crippen LogP contribution < -0.4 is 0 Å². The van der Waals surface area contributed by atoms with Crippen LogP contribution >= 0.6 is 0 Å². The summed E-state index contributed by atoms with van der Waals surface area (Å²) in [5, 5.41) is 9.89. The van der Waals surface area contributed by atoms with Gasteiger partial charge in [0, 0.05) is 39.3 Å². The molecule has 14 heteroatoms. The highest BCUT2D eigenvalue weighted by molar-refractivity contribution is 7.85. The largest absolute Gasteiger partial charge is 0.465 e. The predicted octanol–water partition coefficient (Wildman–Crippen LogP) is 1.34. The first kappa shape index (κ1) is 29.7. The van der Waals surface area contributed by atoms with E-state index < -0.39 is 34.1 Å². The van der Waals surface area contributed by atoms with Crippen molar-refractivity contribution < 1.29 is 36.8 Å². The fourth-order valence-corrected chi connectivity index (χ4v) is 5.72. The zero-order valence-corrected chi connectivity index (χ0v) is 23.9. The van der Waals surface area contributed by atoms with Gasteiger partial charge in [0.15, 0.2) is 5.82 Å². The molecule has 3 amide bonds. The van der Waals surface area contributed by atoms with Gasteiger partial charge in [0.25, 0.3) is 16.0 Å². The molecule has 2 saturated heterocycles. The monoisotopic (exact) mass is 579 g/mol. The van der Waals surface area contributed by atoms with Crippen molar-refractivity contribution in [2.45, 2.75) is 32.9 Å². The van der Waals surface area contributed by atoms with Crippen LogP contribution in [0.1, 0.15) is 30.9 Å². The number of carbonyl (C=O) groups is 3. The summed E-state index contributed by atoms with van der Waals surface area (Å²) < 4.78 is 35.0. The Balaban J connectivity index is 1.67. The maximum atomic E-state index is 14.2. The maximum absolute atomic E-state index is 14.2. The molecule has 4 rings (SSSR count). The van der Waals surface area contributed by atoms with Gasteiger partial charge in [-0.05, 0) is 24.5 Å². The number of rotatable bonds is 9. The van der Waals surface area contributed by atoms with Crippen molar-refractivity contribution >= 4 is 39.1 Å². The van der Waals surface area contributed by atoms with Gasteiger partial charge in [-0.3, -0.25) is 13.8 Å². The zero-order chi connectivity index (χ0) is 29.0. The Hall–Kier alpha value is -3.23. The van der Waals surface area contributed by atoms with E-state index in [9.17, 15) is 27.9 Å². The van der Waals surface area contributed by atoms with Crippen molar-refractivity contribution in [2.24, 2.45) is 11.8 Å². The number of aromatic nitrogens is 2. The smallest absolute Gasteiger partial charge is 0.407 e. The first-order chi connectivity index (χ1) is 18.9. The average Bonchev–Trinajstić information content (AvgIpc) is 3.29. The lowest BCUT2D eigenvalue weighted by Gasteiger charge is -2.43. The number of morpholine rings is 1. The summed E-state index contributed by atoms with van der Waals surface area (Å²) in [6, 6.07) is 6.58. The van der Waals surface area contributed by atoms with Crippen LogP contribution in [0.15, 0.2) is 24.3 Å². The summed E-state index contributed by atoms with van der Waals surface area (Å²) in [6.45, 7) is 5.99. The number of hydrogen-bond acceptors (Lipinski definition) is 8. The molecular formula is C26H37N5O8S. The lowest BCUT2D eigenvalue weighted by molar-refractivity contribution is -0.142. The summed E-state index contributed by atoms with van der Waals surface area (Å²) in [5.74, 6) is -1.01. The molecule has 0 aliphatic carbocycles. The van der Waals surface area contributed by atoms with E-state index in [0.717, 1.165) is 6.26 Å². The van der Waals surface area contributed by atoms with Gasteiger partial charge in [0.05, 0.1) is 49.1 Å². The van der Waals surface area contributed by atoms with E-state index in [1.54, 1.807) is 38.6 Å². The first-order valence-corrected chi connectivity index (χ1v) is 15.2. The predicted molar refractivity (Wildman–Crippen MR) is 145 cm³/mol. The number of fused-ring (bicyclic) bond motifs is 1. The molecule has 2 aliphatic rings. The number of para-hydroxylation sites is 2. The molecule has 2 aromatic rings. The Labute approximate surface area is 233 Å². The SMILES string of the molecule is CC(C)CN(C(=O)c1nc2ccccc2n1CCOS(C)(=O)=O)[C@H]1C[C@@H](C(=O)N2CCOCC2)CN(C(=O)O)C1. The maximum Gasteiger partial charge on any atom is 0.407 e. The van der Waals surface area contributed by atoms with Crippen LogP contribution in [0.2, 0.25) is 0 Å². The van der Waals surface area contributed by atoms with Crippen LogP contribution in [0.25, 0.3) is 11.0 Å². The van der Waals surface area contributed by atoms with Gasteiger partial charge < -0.3 is 29.1 Å². The second-order valence-corrected chi connectivity index (χ2v) is 12.3. The summed E-state index contributed by atoms with van der Waals surface area (Å²) in [5.41, 5.74) is 1.20. The fraction of sp³-hybridized carbons (Fsp3) is 0.615. The molecule has 0 spiro atoms. The number of ether oxygens (including phenoxy) is 1. The number of hydrogen-bond donors (Lipinski definition) is 1. The number of piperidine rings is 1. The molecule has 2 atom stereocenters. The lowest BCUT2D eigenvalue weighted by Crippen LogP contribution is -2.58. The Morgan fingerprint density at radius 1 is 1.15 bits per heavy atom. The van der Waals surface area contributed by atoms with E-state index in [-0.39, 0.29) is 43.9 Å². The second kappa shape index (κ2) is 12.5. The molecule has 0 saturated carbocycles. The van der Waals surface area contributed by atoms with E-state index in [1.165, 1.54) is 4.90 Å². The van der Waals surface area contributed by atoms with E-state index in [4.69, 9.17) is 8.92 Å². The minimum atomic E-state index is -3.69. The first-order valence-electron chi connectivity index (χ1n) is 13.4. The standard InChI is InChI=1S/C26H37N5O8S/c1-18(2)15-31(20-14-19(16-29(17-20)26(34)35)24(32)28-8-11-38-12-9-28)25(33)23-27-21-6-4-5-7-22(21)30(23)10-13-39-40(3,36)37/h4-7,18-20H,8-17H2,1-3H3,(H,34,35)/t19-,20+/m1/s1. The van der Waals surface area contributed by atoms with Crippen LogP contribution in [-0.4, -0.2) is 121 Å². The number of imidazole rings is 1. The highest BCUT2D eigenvalue weighted by atomic mass is 32.2. The summed E-state index contributed by atoms with van der Waals surface area (Å²) in [6.07, 6.45) is 0.128. The van der Waals surface area contributed by atoms with Crippen LogP contribution in [-0.2, 0) is 30.4 Å². The van der Waals surface area contributed by atoms with Crippen molar-refractivity contribution in [3.63, 3.8) is 0 Å². The van der Waals surface area contributed by atoms with Crippen molar-refractivity contribution in [3.05, 3.63) is 30.1 Å². The Bertz CT molecular complexity index is 1340. The van der Waals surface area contributed by atoms with Crippen LogP contribution in [0.3, 0.4) is 0 Å². The van der Waals surface area contributed by atoms with Gasteiger partial charge in [-0.25, -0.2) is 9.78 Å². The summed E-state index contributed by atoms with van der Waals surface area (Å²) in [4.78, 5) is 48.8. The minimum Gasteiger partial charge on any atom is -0.465 e. The van der Waals surface area contributed by atoms with Crippen molar-refractivity contribution in [1.29, 1.82) is 0 Å². The second-order valence-electron chi connectivity index (χ2n) is 10.7. The van der Waals surface area contributed by atoms with Gasteiger partial charge in [0.1, 0.15) is 0 Å². The third kappa shape index (κ3) is 7.09. The number of likely N-dealkylation sites (tertiary alicyclic amines) is 1. The molecular weight excluding hydrogens is 542 g/mol. The van der Waals surface area contributed by atoms with Gasteiger partial charge in [0.2, 0.25) is 5.91 Å². The Morgan fingerprint density at radius 3 is 2.50 bits per heavy atom. The molecule has 0 bridgehead atoms. The number of carbonyl (C=O) groups excluding carboxylic acids is 2. The molecule has 0 unspecified atom stereocenters. The van der Waals surface area contributed by atoms with Crippen LogP contribution in [0.5, 0.6) is 0 Å². The van der Waals surface area contributed by atoms with E-state index >= 15 is 0 Å². The molecule has 3 heterocycles. The van der Waals surface area contributed by atoms with Crippen LogP contribution in [0.4, 0.5) is 4.79 Å². The van der Waals surface area contributed by atoms with E-state index in [1.807, 2.05) is 13.8 Å². The molecule has 40 heavy (non-hydrogen) atoms. The summed E-state index contributed by atoms with van der Waals surface area (Å²) in [7, 11) is -3.69. The van der Waals surface area contributed by atoms with E-state index in [0.29, 0.717) is 50.3 Å². The molecule has 0 radical (unpaired) electrons. The van der Waals surface area contributed by atoms with E-state index in [2.05, 4.69) is 4.98 Å². The highest BCUT2D eigenvalue weighted by Gasteiger charge is 2.40. The number of nitrogens with zero attached hydrogens (tertiary/aromatic N) is 5. The van der Waals surface area contributed by atoms with Crippen LogP contribution in [0, 0.1) is 11.8 Å². The Kier molecular flexibility index (Phi) is 9.31. The van der Waals surface area contributed by atoms with Gasteiger partial charge in [-0.1, -0.05) is 26.0 Å². The number of carboxylic acid groups (broad SMARTS) is 1. The Morgan fingerprint density at radius 2 is 1.85 bits per heavy atom. The molecule has 1 aromatic heterocycles. The van der Waals surface area contributed by atoms with Gasteiger partial charge in [-0.15, -0.1) is 0 Å². The summed E-state index contributed by atoms with van der Waals surface area (Å²) >= 11 is 0. The molecule has 1 N–H and O–H groups in total. The van der Waals surface area contributed by atoms with Crippen molar-refractivity contribution in [2.75, 3.05) is 58.8 Å². The highest BCUT2D eigenvalue weighted by Crippen LogP contribution is 2.27. The lowest BCUT2D eigenvalue weighted by atomic mass is 9.91. The number of amides is 3. The van der Waals surface area contributed by atoms with Gasteiger partial charge in [-0.2, -0.15) is 8.42 Å². The third-order valence-electron chi connectivity index (χ3n) is 7.09. The van der Waals surface area contributed by atoms with Crippen molar-refractivity contribution in [1.82, 2.24) is 24.3 Å². The minimum absolute atomic E-state index is 0.0453. The third-order valence-corrected chi connectivity index (χ3v) is 7.69. The van der Waals surface area contributed by atoms with Crippen molar-refractivity contribution in [3.8, 4) is 0 Å². The molecule has 1 aromatic carbocycles. The zero-order valence-electron chi connectivity index (χ0n) is 23.1. The van der Waals surface area contributed by atoms with Gasteiger partial charge >= 0.3 is 6.09 Å². The molecule has 13 nitrogen and oxygen atoms in total. The number of benzene rings is 1. The topological polar surface area (TPSA) is 152 Å². The average molecular weight is 580 g/mol. The molecule has 220 valence electrons.